The summed E-state index contributed by atoms with van der Waals surface area (Å²) in [5.74, 6) is -0.534. The van der Waals surface area contributed by atoms with Crippen molar-refractivity contribution in [3.8, 4) is 0 Å². The molecule has 1 rings (SSSR count). The summed E-state index contributed by atoms with van der Waals surface area (Å²) in [7, 11) is 0. The maximum Gasteiger partial charge on any atom is 0.242 e. The lowest BCUT2D eigenvalue weighted by molar-refractivity contribution is 0.0448. The standard InChI is InChI=1S/C7H13F2N/c8-7(9)5-3-1-2-4-6(5)10/h5-7H,1-4,10H2/t5-,6+/m1/s1. The Hall–Kier alpha value is -0.180. The molecule has 10 heavy (non-hydrogen) atoms. The van der Waals surface area contributed by atoms with Crippen LogP contribution in [0.4, 0.5) is 8.78 Å². The van der Waals surface area contributed by atoms with E-state index in [1.165, 1.54) is 0 Å². The number of alkyl halides is 2. The van der Waals surface area contributed by atoms with E-state index in [1.807, 2.05) is 0 Å². The Morgan fingerprint density at radius 2 is 1.80 bits per heavy atom. The lowest BCUT2D eigenvalue weighted by Crippen LogP contribution is -2.37. The van der Waals surface area contributed by atoms with Crippen molar-refractivity contribution in [1.29, 1.82) is 0 Å². The Balaban J connectivity index is 2.40. The van der Waals surface area contributed by atoms with Crippen molar-refractivity contribution in [3.05, 3.63) is 0 Å². The van der Waals surface area contributed by atoms with Gasteiger partial charge in [0.15, 0.2) is 0 Å². The van der Waals surface area contributed by atoms with E-state index in [1.54, 1.807) is 0 Å². The Labute approximate surface area is 59.6 Å². The molecule has 1 aliphatic carbocycles. The second kappa shape index (κ2) is 3.28. The fraction of sp³-hybridized carbons (Fsp3) is 1.00. The molecule has 0 aliphatic heterocycles. The predicted molar refractivity (Wildman–Crippen MR) is 35.9 cm³/mol. The molecule has 0 aromatic carbocycles. The zero-order valence-corrected chi connectivity index (χ0v) is 5.89. The van der Waals surface area contributed by atoms with Crippen LogP contribution in [-0.4, -0.2) is 12.5 Å². The van der Waals surface area contributed by atoms with Gasteiger partial charge in [-0.3, -0.25) is 0 Å². The van der Waals surface area contributed by atoms with Gasteiger partial charge >= 0.3 is 0 Å². The summed E-state index contributed by atoms with van der Waals surface area (Å²) < 4.78 is 24.2. The van der Waals surface area contributed by atoms with E-state index in [-0.39, 0.29) is 6.04 Å². The number of halogens is 2. The van der Waals surface area contributed by atoms with Crippen molar-refractivity contribution in [2.75, 3.05) is 0 Å². The molecule has 0 heterocycles. The SMILES string of the molecule is N[C@H]1CCCC[C@H]1C(F)F. The second-order valence-corrected chi connectivity index (χ2v) is 2.95. The third-order valence-corrected chi connectivity index (χ3v) is 2.20. The molecular weight excluding hydrogens is 136 g/mol. The molecule has 0 saturated heterocycles. The summed E-state index contributed by atoms with van der Waals surface area (Å²) in [6.07, 6.45) is 1.11. The number of hydrogen-bond donors (Lipinski definition) is 1. The van der Waals surface area contributed by atoms with Gasteiger partial charge in [-0.15, -0.1) is 0 Å². The highest BCUT2D eigenvalue weighted by Crippen LogP contribution is 2.27. The maximum atomic E-state index is 12.1. The van der Waals surface area contributed by atoms with Gasteiger partial charge < -0.3 is 5.73 Å². The van der Waals surface area contributed by atoms with Crippen LogP contribution in [0.25, 0.3) is 0 Å². The van der Waals surface area contributed by atoms with Crippen LogP contribution < -0.4 is 5.73 Å². The average Bonchev–Trinajstić information content (AvgIpc) is 1.88. The molecule has 1 saturated carbocycles. The van der Waals surface area contributed by atoms with Crippen LogP contribution in [0.2, 0.25) is 0 Å². The molecule has 2 N–H and O–H groups in total. The lowest BCUT2D eigenvalue weighted by atomic mass is 9.85. The van der Waals surface area contributed by atoms with Crippen LogP contribution in [0, 0.1) is 5.92 Å². The minimum Gasteiger partial charge on any atom is -0.327 e. The molecule has 0 bridgehead atoms. The third-order valence-electron chi connectivity index (χ3n) is 2.20. The van der Waals surface area contributed by atoms with E-state index in [0.29, 0.717) is 6.42 Å². The van der Waals surface area contributed by atoms with Gasteiger partial charge in [0, 0.05) is 12.0 Å². The Morgan fingerprint density at radius 3 is 2.20 bits per heavy atom. The van der Waals surface area contributed by atoms with Gasteiger partial charge in [-0.25, -0.2) is 8.78 Å². The van der Waals surface area contributed by atoms with Crippen LogP contribution in [0.1, 0.15) is 25.7 Å². The molecule has 0 amide bonds. The van der Waals surface area contributed by atoms with Crippen molar-refractivity contribution in [3.63, 3.8) is 0 Å². The third kappa shape index (κ3) is 1.66. The zero-order valence-electron chi connectivity index (χ0n) is 5.89. The van der Waals surface area contributed by atoms with Crippen molar-refractivity contribution in [2.24, 2.45) is 11.7 Å². The van der Waals surface area contributed by atoms with Gasteiger partial charge in [0.05, 0.1) is 0 Å². The summed E-state index contributed by atoms with van der Waals surface area (Å²) in [5.41, 5.74) is 5.50. The first-order valence-electron chi connectivity index (χ1n) is 3.75. The zero-order chi connectivity index (χ0) is 7.56. The first-order chi connectivity index (χ1) is 4.72. The van der Waals surface area contributed by atoms with Gasteiger partial charge in [-0.05, 0) is 12.8 Å². The fourth-order valence-corrected chi connectivity index (χ4v) is 1.50. The second-order valence-electron chi connectivity index (χ2n) is 2.95. The van der Waals surface area contributed by atoms with Gasteiger partial charge in [0.2, 0.25) is 6.43 Å². The Morgan fingerprint density at radius 1 is 1.20 bits per heavy atom. The summed E-state index contributed by atoms with van der Waals surface area (Å²) in [4.78, 5) is 0. The van der Waals surface area contributed by atoms with Gasteiger partial charge in [-0.2, -0.15) is 0 Å². The molecule has 0 unspecified atom stereocenters. The quantitative estimate of drug-likeness (QED) is 0.604. The van der Waals surface area contributed by atoms with E-state index in [0.717, 1.165) is 19.3 Å². The van der Waals surface area contributed by atoms with E-state index < -0.39 is 12.3 Å². The van der Waals surface area contributed by atoms with Crippen molar-refractivity contribution in [2.45, 2.75) is 38.2 Å². The van der Waals surface area contributed by atoms with Crippen LogP contribution in [0.15, 0.2) is 0 Å². The average molecular weight is 149 g/mol. The molecule has 0 spiro atoms. The van der Waals surface area contributed by atoms with Crippen LogP contribution in [0.5, 0.6) is 0 Å². The fourth-order valence-electron chi connectivity index (χ4n) is 1.50. The topological polar surface area (TPSA) is 26.0 Å². The number of nitrogens with two attached hydrogens (primary N) is 1. The summed E-state index contributed by atoms with van der Waals surface area (Å²) in [5, 5.41) is 0. The molecule has 2 atom stereocenters. The van der Waals surface area contributed by atoms with Crippen LogP contribution in [-0.2, 0) is 0 Å². The molecule has 1 aliphatic rings. The molecule has 60 valence electrons. The molecule has 1 nitrogen and oxygen atoms in total. The largest absolute Gasteiger partial charge is 0.327 e. The molecule has 0 radical (unpaired) electrons. The maximum absolute atomic E-state index is 12.1. The minimum atomic E-state index is -2.21. The summed E-state index contributed by atoms with van der Waals surface area (Å²) >= 11 is 0. The van der Waals surface area contributed by atoms with E-state index >= 15 is 0 Å². The first-order valence-corrected chi connectivity index (χ1v) is 3.75. The molecular formula is C7H13F2N. The van der Waals surface area contributed by atoms with Gasteiger partial charge in [0.25, 0.3) is 0 Å². The Kier molecular flexibility index (Phi) is 2.60. The summed E-state index contributed by atoms with van der Waals surface area (Å²) in [6, 6.07) is -0.256. The highest BCUT2D eigenvalue weighted by molar-refractivity contribution is 4.79. The van der Waals surface area contributed by atoms with Crippen molar-refractivity contribution in [1.82, 2.24) is 0 Å². The predicted octanol–water partition coefficient (Wildman–Crippen LogP) is 1.77. The Bertz CT molecular complexity index is 106. The van der Waals surface area contributed by atoms with E-state index in [9.17, 15) is 8.78 Å². The van der Waals surface area contributed by atoms with Crippen molar-refractivity contribution < 1.29 is 8.78 Å². The molecule has 0 aromatic heterocycles. The highest BCUT2D eigenvalue weighted by Gasteiger charge is 2.29. The highest BCUT2D eigenvalue weighted by atomic mass is 19.3. The molecule has 1 fully saturated rings. The van der Waals surface area contributed by atoms with E-state index in [2.05, 4.69) is 0 Å². The first kappa shape index (κ1) is 7.92. The monoisotopic (exact) mass is 149 g/mol. The van der Waals surface area contributed by atoms with Crippen LogP contribution in [0.3, 0.4) is 0 Å². The molecule has 3 heteroatoms. The smallest absolute Gasteiger partial charge is 0.242 e. The summed E-state index contributed by atoms with van der Waals surface area (Å²) in [6.45, 7) is 0. The van der Waals surface area contributed by atoms with Gasteiger partial charge in [-0.1, -0.05) is 12.8 Å². The van der Waals surface area contributed by atoms with Crippen molar-refractivity contribution >= 4 is 0 Å². The van der Waals surface area contributed by atoms with Gasteiger partial charge in [0.1, 0.15) is 0 Å². The minimum absolute atomic E-state index is 0.256. The number of hydrogen-bond acceptors (Lipinski definition) is 1. The number of rotatable bonds is 1. The van der Waals surface area contributed by atoms with Crippen LogP contribution >= 0.6 is 0 Å². The lowest BCUT2D eigenvalue weighted by Gasteiger charge is -2.27. The molecule has 0 aromatic rings. The van der Waals surface area contributed by atoms with E-state index in [4.69, 9.17) is 5.73 Å². The normalized spacial score (nSPS) is 34.8.